The third-order valence-electron chi connectivity index (χ3n) is 12.1. The molecular weight excluding hydrogens is 380 g/mol. The van der Waals surface area contributed by atoms with Crippen LogP contribution in [0.15, 0.2) is 0 Å². The first-order valence-corrected chi connectivity index (χ1v) is 13.7. The molecule has 4 aliphatic carbocycles. The quantitative estimate of drug-likeness (QED) is 0.481. The fraction of sp³-hybridized carbons (Fsp3) is 1.00. The fourth-order valence-electron chi connectivity index (χ4n) is 9.42. The monoisotopic (exact) mass is 432 g/mol. The predicted octanol–water partition coefficient (Wildman–Crippen LogP) is 7.22. The van der Waals surface area contributed by atoms with Crippen LogP contribution in [-0.4, -0.2) is 21.4 Å². The van der Waals surface area contributed by atoms with Crippen LogP contribution in [0.25, 0.3) is 0 Å². The molecule has 0 saturated heterocycles. The minimum Gasteiger partial charge on any atom is -0.390 e. The highest BCUT2D eigenvalue weighted by atomic mass is 16.3. The molecule has 0 spiro atoms. The van der Waals surface area contributed by atoms with Gasteiger partial charge in [0.05, 0.1) is 11.2 Å². The molecule has 0 aromatic carbocycles. The van der Waals surface area contributed by atoms with Gasteiger partial charge in [-0.15, -0.1) is 0 Å². The summed E-state index contributed by atoms with van der Waals surface area (Å²) in [4.78, 5) is 0. The summed E-state index contributed by atoms with van der Waals surface area (Å²) >= 11 is 0. The van der Waals surface area contributed by atoms with Crippen LogP contribution in [0, 0.1) is 52.3 Å². The van der Waals surface area contributed by atoms with E-state index in [2.05, 4.69) is 41.5 Å². The second-order valence-electron chi connectivity index (χ2n) is 14.1. The highest BCUT2D eigenvalue weighted by Gasteiger charge is 2.61. The first kappa shape index (κ1) is 24.1. The molecule has 2 nitrogen and oxygen atoms in total. The van der Waals surface area contributed by atoms with Crippen LogP contribution in [0.4, 0.5) is 0 Å². The maximum Gasteiger partial charge on any atom is 0.0642 e. The van der Waals surface area contributed by atoms with Gasteiger partial charge in [-0.1, -0.05) is 34.6 Å². The first-order valence-electron chi connectivity index (χ1n) is 13.7. The van der Waals surface area contributed by atoms with Crippen molar-refractivity contribution in [3.63, 3.8) is 0 Å². The summed E-state index contributed by atoms with van der Waals surface area (Å²) in [6, 6.07) is 0. The molecule has 4 saturated carbocycles. The van der Waals surface area contributed by atoms with Crippen molar-refractivity contribution in [2.45, 2.75) is 130 Å². The van der Waals surface area contributed by atoms with Crippen LogP contribution in [0.3, 0.4) is 0 Å². The van der Waals surface area contributed by atoms with E-state index in [4.69, 9.17) is 0 Å². The normalized spacial score (nSPS) is 50.3. The lowest BCUT2D eigenvalue weighted by Crippen LogP contribution is -2.55. The Bertz CT molecular complexity index is 651. The van der Waals surface area contributed by atoms with E-state index < -0.39 is 11.2 Å². The van der Waals surface area contributed by atoms with Crippen LogP contribution >= 0.6 is 0 Å². The van der Waals surface area contributed by atoms with Crippen molar-refractivity contribution in [2.24, 2.45) is 52.3 Å². The van der Waals surface area contributed by atoms with Gasteiger partial charge in [-0.3, -0.25) is 0 Å². The number of aliphatic hydroxyl groups is 2. The third kappa shape index (κ3) is 4.05. The topological polar surface area (TPSA) is 40.5 Å². The molecule has 0 heterocycles. The molecule has 1 unspecified atom stereocenters. The maximum atomic E-state index is 10.8. The Kier molecular flexibility index (Phi) is 6.21. The second kappa shape index (κ2) is 8.00. The smallest absolute Gasteiger partial charge is 0.0642 e. The largest absolute Gasteiger partial charge is 0.390 e. The van der Waals surface area contributed by atoms with Crippen molar-refractivity contribution in [1.82, 2.24) is 0 Å². The molecule has 0 amide bonds. The summed E-state index contributed by atoms with van der Waals surface area (Å²) in [6.45, 7) is 16.2. The van der Waals surface area contributed by atoms with E-state index in [9.17, 15) is 10.2 Å². The molecule has 180 valence electrons. The maximum absolute atomic E-state index is 10.8. The zero-order valence-corrected chi connectivity index (χ0v) is 21.7. The molecule has 0 bridgehead atoms. The van der Waals surface area contributed by atoms with Gasteiger partial charge in [0.1, 0.15) is 0 Å². The first-order chi connectivity index (χ1) is 14.3. The van der Waals surface area contributed by atoms with Crippen molar-refractivity contribution >= 4 is 0 Å². The molecule has 2 heteroatoms. The van der Waals surface area contributed by atoms with Gasteiger partial charge in [-0.05, 0) is 137 Å². The fourth-order valence-corrected chi connectivity index (χ4v) is 9.42. The summed E-state index contributed by atoms with van der Waals surface area (Å²) in [5.41, 5.74) is 0.0189. The van der Waals surface area contributed by atoms with Crippen LogP contribution in [0.5, 0.6) is 0 Å². The van der Waals surface area contributed by atoms with Crippen molar-refractivity contribution in [2.75, 3.05) is 0 Å². The van der Waals surface area contributed by atoms with E-state index >= 15 is 0 Å². The summed E-state index contributed by atoms with van der Waals surface area (Å²) in [7, 11) is 0. The molecule has 4 fully saturated rings. The van der Waals surface area contributed by atoms with E-state index in [-0.39, 0.29) is 0 Å². The molecule has 31 heavy (non-hydrogen) atoms. The van der Waals surface area contributed by atoms with E-state index in [0.29, 0.717) is 22.7 Å². The molecule has 0 aliphatic heterocycles. The highest BCUT2D eigenvalue weighted by Crippen LogP contribution is 2.68. The Morgan fingerprint density at radius 3 is 2.23 bits per heavy atom. The Morgan fingerprint density at radius 1 is 0.871 bits per heavy atom. The second-order valence-corrected chi connectivity index (χ2v) is 14.1. The Balaban J connectivity index is 1.47. The van der Waals surface area contributed by atoms with Crippen molar-refractivity contribution in [3.8, 4) is 0 Å². The van der Waals surface area contributed by atoms with E-state index in [1.807, 2.05) is 6.92 Å². The summed E-state index contributed by atoms with van der Waals surface area (Å²) < 4.78 is 0. The summed E-state index contributed by atoms with van der Waals surface area (Å²) in [5, 5.41) is 21.5. The minimum atomic E-state index is -0.528. The lowest BCUT2D eigenvalue weighted by atomic mass is 9.43. The molecule has 10 atom stereocenters. The molecular formula is C29H52O2. The number of rotatable bonds is 5. The van der Waals surface area contributed by atoms with Crippen LogP contribution < -0.4 is 0 Å². The minimum absolute atomic E-state index is 0.328. The van der Waals surface area contributed by atoms with Gasteiger partial charge in [0.25, 0.3) is 0 Å². The number of fused-ring (bicyclic) bond motifs is 5. The van der Waals surface area contributed by atoms with Gasteiger partial charge in [0.2, 0.25) is 0 Å². The number of hydrogen-bond donors (Lipinski definition) is 2. The van der Waals surface area contributed by atoms with Crippen molar-refractivity contribution in [3.05, 3.63) is 0 Å². The Morgan fingerprint density at radius 2 is 1.55 bits per heavy atom. The molecule has 0 radical (unpaired) electrons. The Labute approximate surface area is 193 Å². The zero-order chi connectivity index (χ0) is 22.8. The SMILES string of the molecule is CC(C)[C@](C)(O)CC[C@@H](C)C1CC[C@H]2[C@@H]3CC[C@H]4C[C@@](C)(O)CC[C@]4(C)[C@H]3CC[C@]12C. The molecule has 0 aromatic heterocycles. The lowest BCUT2D eigenvalue weighted by Gasteiger charge is -2.62. The predicted molar refractivity (Wildman–Crippen MR) is 130 cm³/mol. The summed E-state index contributed by atoms with van der Waals surface area (Å²) in [6.07, 6.45) is 13.8. The molecule has 4 aliphatic rings. The van der Waals surface area contributed by atoms with Crippen molar-refractivity contribution in [1.29, 1.82) is 0 Å². The van der Waals surface area contributed by atoms with E-state index in [1.165, 1.54) is 51.4 Å². The van der Waals surface area contributed by atoms with E-state index in [1.54, 1.807) is 0 Å². The highest BCUT2D eigenvalue weighted by molar-refractivity contribution is 5.10. The van der Waals surface area contributed by atoms with Gasteiger partial charge in [0.15, 0.2) is 0 Å². The average Bonchev–Trinajstić information content (AvgIpc) is 3.04. The van der Waals surface area contributed by atoms with Gasteiger partial charge in [-0.2, -0.15) is 0 Å². The molecule has 0 aromatic rings. The molecule has 4 rings (SSSR count). The lowest BCUT2D eigenvalue weighted by molar-refractivity contribution is -0.148. The van der Waals surface area contributed by atoms with Gasteiger partial charge >= 0.3 is 0 Å². The van der Waals surface area contributed by atoms with Crippen LogP contribution in [0.1, 0.15) is 119 Å². The van der Waals surface area contributed by atoms with Gasteiger partial charge in [0, 0.05) is 0 Å². The third-order valence-corrected chi connectivity index (χ3v) is 12.1. The van der Waals surface area contributed by atoms with Crippen LogP contribution in [-0.2, 0) is 0 Å². The Hall–Kier alpha value is -0.0800. The van der Waals surface area contributed by atoms with Crippen molar-refractivity contribution < 1.29 is 10.2 Å². The number of hydrogen-bond acceptors (Lipinski definition) is 2. The summed E-state index contributed by atoms with van der Waals surface area (Å²) in [5.74, 6) is 5.32. The van der Waals surface area contributed by atoms with Crippen LogP contribution in [0.2, 0.25) is 0 Å². The molecule has 2 N–H and O–H groups in total. The zero-order valence-electron chi connectivity index (χ0n) is 21.7. The average molecular weight is 433 g/mol. The van der Waals surface area contributed by atoms with Gasteiger partial charge in [-0.25, -0.2) is 0 Å². The standard InChI is InChI=1S/C29H52O2/c1-19(2)29(7,31)15-12-20(3)23-10-11-24-22-9-8-21-18-26(4,30)16-17-27(21,5)25(22)13-14-28(23,24)6/h19-25,30-31H,8-18H2,1-7H3/t20-,21+,22+,23?,24+,25+,26+,27+,28-,29-/m1/s1. The van der Waals surface area contributed by atoms with Gasteiger partial charge < -0.3 is 10.2 Å². The van der Waals surface area contributed by atoms with E-state index in [0.717, 1.165) is 48.9 Å².